The molecule has 0 aromatic heterocycles. The number of benzene rings is 2. The topological polar surface area (TPSA) is 73.0 Å². The van der Waals surface area contributed by atoms with Crippen LogP contribution in [0.5, 0.6) is 0 Å². The summed E-state index contributed by atoms with van der Waals surface area (Å²) in [7, 11) is 0. The van der Waals surface area contributed by atoms with Gasteiger partial charge in [-0.2, -0.15) is 0 Å². The van der Waals surface area contributed by atoms with Crippen LogP contribution in [-0.4, -0.2) is 65.4 Å². The largest absolute Gasteiger partial charge is 0.352 e. The smallest absolute Gasteiger partial charge is 0.253 e. The van der Waals surface area contributed by atoms with Crippen LogP contribution in [0.3, 0.4) is 0 Å². The first kappa shape index (κ1) is 24.8. The van der Waals surface area contributed by atoms with Crippen molar-refractivity contribution >= 4 is 39.3 Å². The Kier molecular flexibility index (Phi) is 7.32. The second kappa shape index (κ2) is 10.6. The van der Waals surface area contributed by atoms with E-state index in [1.165, 1.54) is 6.42 Å². The minimum Gasteiger partial charge on any atom is -0.352 e. The van der Waals surface area contributed by atoms with Crippen molar-refractivity contribution in [1.82, 2.24) is 15.1 Å². The fourth-order valence-corrected chi connectivity index (χ4v) is 6.14. The third kappa shape index (κ3) is 5.01. The summed E-state index contributed by atoms with van der Waals surface area (Å²) in [6, 6.07) is 17.5. The summed E-state index contributed by atoms with van der Waals surface area (Å²) in [6.07, 6.45) is 6.62. The molecule has 2 aromatic carbocycles. The van der Waals surface area contributed by atoms with Gasteiger partial charge in [0.15, 0.2) is 0 Å². The highest BCUT2D eigenvalue weighted by Gasteiger charge is 2.54. The molecule has 3 aliphatic rings. The van der Waals surface area contributed by atoms with Crippen molar-refractivity contribution in [3.05, 3.63) is 64.6 Å². The highest BCUT2D eigenvalue weighted by Crippen LogP contribution is 2.39. The molecule has 1 aliphatic carbocycles. The molecule has 0 atom stereocenters. The predicted molar refractivity (Wildman–Crippen MR) is 143 cm³/mol. The molecule has 0 radical (unpaired) electrons. The van der Waals surface area contributed by atoms with Gasteiger partial charge in [-0.15, -0.1) is 0 Å². The molecule has 0 bridgehead atoms. The van der Waals surface area contributed by atoms with Gasteiger partial charge in [0.25, 0.3) is 11.8 Å². The molecule has 2 heterocycles. The number of carbonyl (C=O) groups is 3. The van der Waals surface area contributed by atoms with Crippen LogP contribution in [0.25, 0.3) is 0 Å². The van der Waals surface area contributed by atoms with Crippen LogP contribution in [-0.2, 0) is 9.59 Å². The number of likely N-dealkylation sites (tertiary alicyclic amines) is 1. The Balaban J connectivity index is 1.31. The van der Waals surface area contributed by atoms with E-state index in [-0.39, 0.29) is 30.3 Å². The van der Waals surface area contributed by atoms with Crippen LogP contribution in [0.4, 0.5) is 5.69 Å². The fourth-order valence-electron chi connectivity index (χ4n) is 5.87. The van der Waals surface area contributed by atoms with Gasteiger partial charge in [0, 0.05) is 34.9 Å². The second-order valence-corrected chi connectivity index (χ2v) is 11.1. The van der Waals surface area contributed by atoms with Gasteiger partial charge in [0.05, 0.1) is 6.67 Å². The lowest BCUT2D eigenvalue weighted by Gasteiger charge is -2.43. The van der Waals surface area contributed by atoms with Crippen molar-refractivity contribution < 1.29 is 14.4 Å². The molecule has 5 rings (SSSR count). The van der Waals surface area contributed by atoms with Gasteiger partial charge in [-0.1, -0.05) is 53.4 Å². The average molecular weight is 554 g/mol. The van der Waals surface area contributed by atoms with E-state index in [9.17, 15) is 14.4 Å². The number of hydrogen-bond donors (Lipinski definition) is 1. The summed E-state index contributed by atoms with van der Waals surface area (Å²) < 4.78 is 0.930. The fraction of sp³-hybridized carbons (Fsp3) is 0.464. The Labute approximate surface area is 220 Å². The molecule has 0 unspecified atom stereocenters. The molecular formula is C28H33BrN4O3. The van der Waals surface area contributed by atoms with Crippen molar-refractivity contribution in [3.8, 4) is 0 Å². The zero-order valence-electron chi connectivity index (χ0n) is 20.5. The van der Waals surface area contributed by atoms with E-state index in [2.05, 4.69) is 26.1 Å². The molecule has 3 fully saturated rings. The zero-order chi connectivity index (χ0) is 25.1. The lowest BCUT2D eigenvalue weighted by Crippen LogP contribution is -2.57. The summed E-state index contributed by atoms with van der Waals surface area (Å²) >= 11 is 3.42. The average Bonchev–Trinajstić information content (AvgIpc) is 3.16. The van der Waals surface area contributed by atoms with Gasteiger partial charge < -0.3 is 20.0 Å². The zero-order valence-corrected chi connectivity index (χ0v) is 22.1. The number of rotatable bonds is 5. The highest BCUT2D eigenvalue weighted by molar-refractivity contribution is 9.10. The first-order valence-electron chi connectivity index (χ1n) is 12.9. The second-order valence-electron chi connectivity index (χ2n) is 10.1. The third-order valence-corrected chi connectivity index (χ3v) is 8.38. The molecule has 1 saturated carbocycles. The summed E-state index contributed by atoms with van der Waals surface area (Å²) in [5.74, 6) is -0.109. The SMILES string of the molecule is O=C(CN1CN(c2ccccc2)C2(CCN(C(=O)c3ccc(Br)cc3)CC2)C1=O)NC1CCCCC1. The molecule has 1 N–H and O–H groups in total. The van der Waals surface area contributed by atoms with Gasteiger partial charge in [-0.25, -0.2) is 0 Å². The van der Waals surface area contributed by atoms with Crippen LogP contribution in [0.15, 0.2) is 59.1 Å². The van der Waals surface area contributed by atoms with E-state index in [0.717, 1.165) is 35.8 Å². The molecule has 2 aromatic rings. The Morgan fingerprint density at radius 2 is 1.61 bits per heavy atom. The van der Waals surface area contributed by atoms with E-state index in [4.69, 9.17) is 0 Å². The van der Waals surface area contributed by atoms with Gasteiger partial charge in [0.2, 0.25) is 5.91 Å². The van der Waals surface area contributed by atoms with E-state index in [0.29, 0.717) is 38.2 Å². The monoisotopic (exact) mass is 552 g/mol. The van der Waals surface area contributed by atoms with Crippen molar-refractivity contribution in [2.45, 2.75) is 56.5 Å². The van der Waals surface area contributed by atoms with Gasteiger partial charge in [-0.05, 0) is 62.1 Å². The van der Waals surface area contributed by atoms with E-state index >= 15 is 0 Å². The van der Waals surface area contributed by atoms with E-state index < -0.39 is 5.54 Å². The molecule has 36 heavy (non-hydrogen) atoms. The van der Waals surface area contributed by atoms with Crippen LogP contribution >= 0.6 is 15.9 Å². The minimum absolute atomic E-state index is 0.0131. The molecule has 2 saturated heterocycles. The number of halogens is 1. The minimum atomic E-state index is -0.747. The Bertz CT molecular complexity index is 1090. The molecule has 7 nitrogen and oxygen atoms in total. The number of hydrogen-bond acceptors (Lipinski definition) is 4. The van der Waals surface area contributed by atoms with Crippen molar-refractivity contribution in [2.24, 2.45) is 0 Å². The van der Waals surface area contributed by atoms with Crippen molar-refractivity contribution in [3.63, 3.8) is 0 Å². The summed E-state index contributed by atoms with van der Waals surface area (Å²) in [6.45, 7) is 1.43. The Morgan fingerprint density at radius 1 is 0.944 bits per heavy atom. The standard InChI is InChI=1S/C28H33BrN4O3/c29-22-13-11-21(12-14-22)26(35)31-17-15-28(16-18-31)27(36)32(20-33(28)24-9-5-2-6-10-24)19-25(34)30-23-7-3-1-4-8-23/h2,5-6,9-14,23H,1,3-4,7-8,15-20H2,(H,30,34). The molecule has 1 spiro atoms. The van der Waals surface area contributed by atoms with Crippen molar-refractivity contribution in [1.29, 1.82) is 0 Å². The predicted octanol–water partition coefficient (Wildman–Crippen LogP) is 4.18. The Hall–Kier alpha value is -2.87. The number of nitrogens with one attached hydrogen (secondary N) is 1. The highest BCUT2D eigenvalue weighted by atomic mass is 79.9. The number of carbonyl (C=O) groups excluding carboxylic acids is 3. The van der Waals surface area contributed by atoms with E-state index in [1.54, 1.807) is 4.90 Å². The molecule has 2 aliphatic heterocycles. The van der Waals surface area contributed by atoms with Crippen LogP contribution in [0, 0.1) is 0 Å². The Morgan fingerprint density at radius 3 is 2.28 bits per heavy atom. The lowest BCUT2D eigenvalue weighted by atomic mass is 9.85. The first-order valence-corrected chi connectivity index (χ1v) is 13.7. The van der Waals surface area contributed by atoms with Crippen molar-refractivity contribution in [2.75, 3.05) is 31.2 Å². The maximum absolute atomic E-state index is 13.9. The number of piperidine rings is 1. The van der Waals surface area contributed by atoms with Crippen LogP contribution in [0.2, 0.25) is 0 Å². The number of anilines is 1. The normalized spacial score (nSPS) is 20.1. The molecular weight excluding hydrogens is 520 g/mol. The van der Waals surface area contributed by atoms with Gasteiger partial charge in [-0.3, -0.25) is 14.4 Å². The number of amides is 3. The quantitative estimate of drug-likeness (QED) is 0.603. The van der Waals surface area contributed by atoms with E-state index in [1.807, 2.05) is 59.5 Å². The van der Waals surface area contributed by atoms with Gasteiger partial charge >= 0.3 is 0 Å². The van der Waals surface area contributed by atoms with Crippen LogP contribution in [0.1, 0.15) is 55.3 Å². The molecule has 190 valence electrons. The summed E-state index contributed by atoms with van der Waals surface area (Å²) in [5, 5.41) is 3.15. The molecule has 8 heteroatoms. The maximum Gasteiger partial charge on any atom is 0.253 e. The maximum atomic E-state index is 13.9. The number of nitrogens with zero attached hydrogens (tertiary/aromatic N) is 3. The number of para-hydroxylation sites is 1. The molecule has 3 amide bonds. The third-order valence-electron chi connectivity index (χ3n) is 7.86. The summed E-state index contributed by atoms with van der Waals surface area (Å²) in [4.78, 5) is 45.5. The van der Waals surface area contributed by atoms with Crippen LogP contribution < -0.4 is 10.2 Å². The first-order chi connectivity index (χ1) is 17.5. The lowest BCUT2D eigenvalue weighted by molar-refractivity contribution is -0.137. The van der Waals surface area contributed by atoms with Gasteiger partial charge in [0.1, 0.15) is 12.1 Å². The summed E-state index contributed by atoms with van der Waals surface area (Å²) in [5.41, 5.74) is 0.865.